The number of halogens is 1. The number of methoxy groups -OCH3 is 2. The molecule has 0 unspecified atom stereocenters. The van der Waals surface area contributed by atoms with Crippen molar-refractivity contribution >= 4 is 17.3 Å². The molecule has 0 aliphatic rings. The van der Waals surface area contributed by atoms with E-state index in [1.54, 1.807) is 29.2 Å². The van der Waals surface area contributed by atoms with Crippen molar-refractivity contribution in [3.8, 4) is 11.5 Å². The highest BCUT2D eigenvalue weighted by atomic mass is 19.1. The summed E-state index contributed by atoms with van der Waals surface area (Å²) in [5, 5.41) is 2.72. The monoisotopic (exact) mass is 318 g/mol. The number of hydrogen-bond donors (Lipinski definition) is 1. The maximum atomic E-state index is 13.5. The van der Waals surface area contributed by atoms with Crippen molar-refractivity contribution in [2.24, 2.45) is 0 Å². The van der Waals surface area contributed by atoms with Gasteiger partial charge in [0.25, 0.3) is 5.91 Å². The molecule has 0 radical (unpaired) electrons. The van der Waals surface area contributed by atoms with Crippen molar-refractivity contribution in [3.63, 3.8) is 0 Å². The predicted octanol–water partition coefficient (Wildman–Crippen LogP) is 3.16. The van der Waals surface area contributed by atoms with Crippen molar-refractivity contribution < 1.29 is 18.7 Å². The second-order valence-electron chi connectivity index (χ2n) is 5.05. The van der Waals surface area contributed by atoms with E-state index in [1.807, 2.05) is 14.1 Å². The molecule has 2 aromatic rings. The molecule has 2 aromatic carbocycles. The zero-order chi connectivity index (χ0) is 17.0. The van der Waals surface area contributed by atoms with Crippen molar-refractivity contribution in [1.29, 1.82) is 0 Å². The Morgan fingerprint density at radius 2 is 1.70 bits per heavy atom. The summed E-state index contributed by atoms with van der Waals surface area (Å²) in [6.45, 7) is 0. The van der Waals surface area contributed by atoms with Gasteiger partial charge in [-0.1, -0.05) is 6.07 Å². The lowest BCUT2D eigenvalue weighted by Gasteiger charge is -2.19. The first kappa shape index (κ1) is 16.6. The molecule has 0 aromatic heterocycles. The lowest BCUT2D eigenvalue weighted by atomic mass is 10.1. The van der Waals surface area contributed by atoms with Crippen LogP contribution in [-0.4, -0.2) is 34.2 Å². The zero-order valence-corrected chi connectivity index (χ0v) is 13.5. The van der Waals surface area contributed by atoms with Gasteiger partial charge in [-0.05, 0) is 30.3 Å². The van der Waals surface area contributed by atoms with E-state index in [1.165, 1.54) is 26.4 Å². The Hall–Kier alpha value is -2.76. The molecule has 1 N–H and O–H groups in total. The largest absolute Gasteiger partial charge is 0.496 e. The van der Waals surface area contributed by atoms with Crippen LogP contribution in [0.5, 0.6) is 11.5 Å². The van der Waals surface area contributed by atoms with Gasteiger partial charge in [0.1, 0.15) is 22.9 Å². The quantitative estimate of drug-likeness (QED) is 0.920. The summed E-state index contributed by atoms with van der Waals surface area (Å²) in [6, 6.07) is 9.27. The number of anilines is 2. The van der Waals surface area contributed by atoms with Gasteiger partial charge in [-0.2, -0.15) is 0 Å². The summed E-state index contributed by atoms with van der Waals surface area (Å²) in [6.07, 6.45) is 0. The van der Waals surface area contributed by atoms with Crippen LogP contribution in [0.3, 0.4) is 0 Å². The average molecular weight is 318 g/mol. The summed E-state index contributed by atoms with van der Waals surface area (Å²) in [5.41, 5.74) is 1.31. The third kappa shape index (κ3) is 3.53. The molecule has 0 bridgehead atoms. The van der Waals surface area contributed by atoms with Crippen LogP contribution in [0.1, 0.15) is 10.4 Å². The van der Waals surface area contributed by atoms with Crippen LogP contribution in [0, 0.1) is 5.82 Å². The molecule has 0 saturated carbocycles. The van der Waals surface area contributed by atoms with Gasteiger partial charge in [0, 0.05) is 14.1 Å². The molecule has 0 saturated heterocycles. The molecule has 122 valence electrons. The number of hydrogen-bond acceptors (Lipinski definition) is 4. The SMILES string of the molecule is COc1cccc(OC)c1C(=O)Nc1cc(F)ccc1N(C)C. The first-order valence-corrected chi connectivity index (χ1v) is 6.97. The topological polar surface area (TPSA) is 50.8 Å². The minimum atomic E-state index is -0.437. The fourth-order valence-electron chi connectivity index (χ4n) is 2.26. The number of carbonyl (C=O) groups excluding carboxylic acids is 1. The van der Waals surface area contributed by atoms with Gasteiger partial charge < -0.3 is 19.7 Å². The standard InChI is InChI=1S/C17H19FN2O3/c1-20(2)13-9-8-11(18)10-12(13)19-17(21)16-14(22-3)6-5-7-15(16)23-4/h5-10H,1-4H3,(H,19,21). The highest BCUT2D eigenvalue weighted by Gasteiger charge is 2.19. The molecular weight excluding hydrogens is 299 g/mol. The molecule has 0 atom stereocenters. The maximum absolute atomic E-state index is 13.5. The Kier molecular flexibility index (Phi) is 5.05. The third-order valence-electron chi connectivity index (χ3n) is 3.34. The molecule has 5 nitrogen and oxygen atoms in total. The fraction of sp³-hybridized carbons (Fsp3) is 0.235. The van der Waals surface area contributed by atoms with Crippen molar-refractivity contribution in [3.05, 3.63) is 47.8 Å². The molecule has 0 aliphatic carbocycles. The third-order valence-corrected chi connectivity index (χ3v) is 3.34. The fourth-order valence-corrected chi connectivity index (χ4v) is 2.26. The van der Waals surface area contributed by atoms with Crippen LogP contribution in [0.4, 0.5) is 15.8 Å². The van der Waals surface area contributed by atoms with Crippen LogP contribution in [-0.2, 0) is 0 Å². The second kappa shape index (κ2) is 7.00. The maximum Gasteiger partial charge on any atom is 0.263 e. The van der Waals surface area contributed by atoms with E-state index >= 15 is 0 Å². The van der Waals surface area contributed by atoms with E-state index in [2.05, 4.69) is 5.32 Å². The number of rotatable bonds is 5. The molecule has 1 amide bonds. The van der Waals surface area contributed by atoms with Gasteiger partial charge in [0.05, 0.1) is 25.6 Å². The van der Waals surface area contributed by atoms with Gasteiger partial charge in [0.2, 0.25) is 0 Å². The van der Waals surface area contributed by atoms with Crippen molar-refractivity contribution in [1.82, 2.24) is 0 Å². The Morgan fingerprint density at radius 1 is 1.09 bits per heavy atom. The molecule has 0 aliphatic heterocycles. The first-order chi connectivity index (χ1) is 11.0. The van der Waals surface area contributed by atoms with E-state index in [0.29, 0.717) is 22.9 Å². The van der Waals surface area contributed by atoms with Crippen LogP contribution in [0.2, 0.25) is 0 Å². The predicted molar refractivity (Wildman–Crippen MR) is 88.2 cm³/mol. The smallest absolute Gasteiger partial charge is 0.263 e. The molecule has 0 fully saturated rings. The number of benzene rings is 2. The number of carbonyl (C=O) groups is 1. The average Bonchev–Trinajstić information content (AvgIpc) is 2.53. The molecule has 2 rings (SSSR count). The van der Waals surface area contributed by atoms with Gasteiger partial charge in [-0.15, -0.1) is 0 Å². The van der Waals surface area contributed by atoms with Crippen LogP contribution in [0.15, 0.2) is 36.4 Å². The van der Waals surface area contributed by atoms with Crippen molar-refractivity contribution in [2.45, 2.75) is 0 Å². The number of amides is 1. The molecule has 23 heavy (non-hydrogen) atoms. The van der Waals surface area contributed by atoms with E-state index in [-0.39, 0.29) is 5.56 Å². The normalized spacial score (nSPS) is 10.1. The minimum Gasteiger partial charge on any atom is -0.496 e. The summed E-state index contributed by atoms with van der Waals surface area (Å²) in [5.74, 6) is -0.111. The number of nitrogens with one attached hydrogen (secondary N) is 1. The van der Waals surface area contributed by atoms with Crippen LogP contribution in [0.25, 0.3) is 0 Å². The van der Waals surface area contributed by atoms with E-state index in [9.17, 15) is 9.18 Å². The highest BCUT2D eigenvalue weighted by molar-refractivity contribution is 6.09. The van der Waals surface area contributed by atoms with Gasteiger partial charge >= 0.3 is 0 Å². The van der Waals surface area contributed by atoms with Gasteiger partial charge in [0.15, 0.2) is 0 Å². The van der Waals surface area contributed by atoms with E-state index < -0.39 is 11.7 Å². The summed E-state index contributed by atoms with van der Waals surface area (Å²) < 4.78 is 24.0. The lowest BCUT2D eigenvalue weighted by molar-refractivity contribution is 0.102. The van der Waals surface area contributed by atoms with E-state index in [4.69, 9.17) is 9.47 Å². The minimum absolute atomic E-state index is 0.256. The lowest BCUT2D eigenvalue weighted by Crippen LogP contribution is -2.18. The Bertz CT molecular complexity index is 695. The summed E-state index contributed by atoms with van der Waals surface area (Å²) in [7, 11) is 6.57. The summed E-state index contributed by atoms with van der Waals surface area (Å²) in [4.78, 5) is 14.4. The molecule has 0 heterocycles. The van der Waals surface area contributed by atoms with Gasteiger partial charge in [-0.25, -0.2) is 4.39 Å². The van der Waals surface area contributed by atoms with Crippen LogP contribution < -0.4 is 19.7 Å². The Labute approximate surface area is 134 Å². The second-order valence-corrected chi connectivity index (χ2v) is 5.05. The number of nitrogens with zero attached hydrogens (tertiary/aromatic N) is 1. The summed E-state index contributed by atoms with van der Waals surface area (Å²) >= 11 is 0. The Morgan fingerprint density at radius 3 is 2.22 bits per heavy atom. The Balaban J connectivity index is 2.43. The van der Waals surface area contributed by atoms with E-state index in [0.717, 1.165) is 0 Å². The van der Waals surface area contributed by atoms with Gasteiger partial charge in [-0.3, -0.25) is 4.79 Å². The van der Waals surface area contributed by atoms with Crippen molar-refractivity contribution in [2.75, 3.05) is 38.5 Å². The van der Waals surface area contributed by atoms with Crippen LogP contribution >= 0.6 is 0 Å². The molecule has 6 heteroatoms. The molecule has 0 spiro atoms. The highest BCUT2D eigenvalue weighted by Crippen LogP contribution is 2.31. The molecular formula is C17H19FN2O3. The number of ether oxygens (including phenoxy) is 2. The zero-order valence-electron chi connectivity index (χ0n) is 13.5. The first-order valence-electron chi connectivity index (χ1n) is 6.97.